The van der Waals surface area contributed by atoms with Gasteiger partial charge in [0, 0.05) is 7.05 Å². The average molecular weight is 387 g/mol. The van der Waals surface area contributed by atoms with Crippen LogP contribution in [0.1, 0.15) is 46.6 Å². The van der Waals surface area contributed by atoms with Crippen molar-refractivity contribution in [2.45, 2.75) is 33.3 Å². The number of thiophene rings is 1. The van der Waals surface area contributed by atoms with Gasteiger partial charge in [-0.15, -0.1) is 11.3 Å². The number of hydrogen-bond acceptors (Lipinski definition) is 5. The molecule has 0 unspecified atom stereocenters. The number of ether oxygens (including phenoxy) is 1. The molecule has 1 amide bonds. The number of carbonyl (C=O) groups excluding carboxylic acids is 1. The number of pyridine rings is 1. The molecule has 7 nitrogen and oxygen atoms in total. The Morgan fingerprint density at radius 2 is 2.15 bits per heavy atom. The van der Waals surface area contributed by atoms with Crippen molar-refractivity contribution in [3.63, 3.8) is 0 Å². The Hall–Kier alpha value is -2.87. The van der Waals surface area contributed by atoms with Crippen molar-refractivity contribution >= 4 is 39.9 Å². The molecule has 3 heterocycles. The maximum atomic E-state index is 12.5. The largest absolute Gasteiger partial charge is 0.488 e. The zero-order chi connectivity index (χ0) is 19.7. The Labute approximate surface area is 160 Å². The number of carboxylic acid groups (broad SMARTS) is 1. The molecule has 0 spiro atoms. The van der Waals surface area contributed by atoms with E-state index in [4.69, 9.17) is 4.74 Å². The molecule has 8 heteroatoms. The van der Waals surface area contributed by atoms with E-state index < -0.39 is 5.97 Å². The zero-order valence-electron chi connectivity index (χ0n) is 15.6. The van der Waals surface area contributed by atoms with Crippen LogP contribution in [0.3, 0.4) is 0 Å². The first kappa shape index (κ1) is 18.9. The predicted molar refractivity (Wildman–Crippen MR) is 105 cm³/mol. The first-order valence-electron chi connectivity index (χ1n) is 8.60. The summed E-state index contributed by atoms with van der Waals surface area (Å²) >= 11 is 1.35. The van der Waals surface area contributed by atoms with Crippen LogP contribution in [0, 0.1) is 0 Å². The van der Waals surface area contributed by atoms with Crippen LogP contribution >= 0.6 is 11.3 Å². The first-order chi connectivity index (χ1) is 12.8. The van der Waals surface area contributed by atoms with Crippen molar-refractivity contribution in [3.8, 4) is 5.75 Å². The number of anilines is 1. The van der Waals surface area contributed by atoms with Gasteiger partial charge >= 0.3 is 5.97 Å². The van der Waals surface area contributed by atoms with Crippen molar-refractivity contribution in [2.75, 3.05) is 5.32 Å². The summed E-state index contributed by atoms with van der Waals surface area (Å²) in [6.45, 7) is 5.59. The molecule has 3 aromatic rings. The van der Waals surface area contributed by atoms with Gasteiger partial charge in [-0.1, -0.05) is 13.0 Å². The topological polar surface area (TPSA) is 93.4 Å². The van der Waals surface area contributed by atoms with Crippen LogP contribution in [0.4, 0.5) is 5.69 Å². The van der Waals surface area contributed by atoms with E-state index in [-0.39, 0.29) is 23.5 Å². The minimum Gasteiger partial charge on any atom is -0.488 e. The molecule has 0 saturated heterocycles. The van der Waals surface area contributed by atoms with E-state index in [1.807, 2.05) is 32.2 Å². The van der Waals surface area contributed by atoms with Gasteiger partial charge in [-0.3, -0.25) is 4.79 Å². The molecule has 0 radical (unpaired) electrons. The summed E-state index contributed by atoms with van der Waals surface area (Å²) < 4.78 is 7.31. The van der Waals surface area contributed by atoms with Crippen molar-refractivity contribution in [1.29, 1.82) is 0 Å². The summed E-state index contributed by atoms with van der Waals surface area (Å²) in [5.41, 5.74) is 1.78. The van der Waals surface area contributed by atoms with Crippen LogP contribution in [0.2, 0.25) is 0 Å². The molecule has 142 valence electrons. The summed E-state index contributed by atoms with van der Waals surface area (Å²) in [5, 5.41) is 14.9. The van der Waals surface area contributed by atoms with Gasteiger partial charge < -0.3 is 19.7 Å². The third kappa shape index (κ3) is 3.52. The smallest absolute Gasteiger partial charge is 0.356 e. The van der Waals surface area contributed by atoms with Crippen molar-refractivity contribution in [2.24, 2.45) is 7.05 Å². The quantitative estimate of drug-likeness (QED) is 0.668. The third-order valence-electron chi connectivity index (χ3n) is 4.08. The lowest BCUT2D eigenvalue weighted by molar-refractivity contribution is 0.0680. The number of hydrogen-bond donors (Lipinski definition) is 2. The second-order valence-corrected chi connectivity index (χ2v) is 7.29. The van der Waals surface area contributed by atoms with Gasteiger partial charge in [-0.2, -0.15) is 0 Å². The number of nitrogens with one attached hydrogen (secondary N) is 1. The highest BCUT2D eigenvalue weighted by atomic mass is 32.1. The second-order valence-electron chi connectivity index (χ2n) is 6.35. The van der Waals surface area contributed by atoms with Crippen LogP contribution in [0.25, 0.3) is 11.0 Å². The summed E-state index contributed by atoms with van der Waals surface area (Å²) in [6.07, 6.45) is 0.382. The van der Waals surface area contributed by atoms with Crippen molar-refractivity contribution < 1.29 is 19.4 Å². The summed E-state index contributed by atoms with van der Waals surface area (Å²) in [7, 11) is 1.65. The Balaban J connectivity index is 2.17. The molecule has 0 aliphatic heterocycles. The number of fused-ring (bicyclic) bond motifs is 1. The summed E-state index contributed by atoms with van der Waals surface area (Å²) in [5.74, 6) is -1.05. The van der Waals surface area contributed by atoms with Crippen LogP contribution in [-0.2, 0) is 13.5 Å². The molecule has 0 fully saturated rings. The number of carbonyl (C=O) groups is 2. The maximum Gasteiger partial charge on any atom is 0.356 e. The fraction of sp³-hybridized carbons (Fsp3) is 0.316. The fourth-order valence-corrected chi connectivity index (χ4v) is 3.53. The Bertz CT molecular complexity index is 1010. The monoisotopic (exact) mass is 387 g/mol. The van der Waals surface area contributed by atoms with Gasteiger partial charge in [0.15, 0.2) is 11.4 Å². The number of aromatic carboxylic acids is 1. The zero-order valence-corrected chi connectivity index (χ0v) is 16.4. The van der Waals surface area contributed by atoms with Crippen molar-refractivity contribution in [3.05, 3.63) is 39.8 Å². The Morgan fingerprint density at radius 3 is 2.70 bits per heavy atom. The highest BCUT2D eigenvalue weighted by Crippen LogP contribution is 2.35. The molecular formula is C19H21N3O4S. The molecular weight excluding hydrogens is 366 g/mol. The van der Waals surface area contributed by atoms with E-state index >= 15 is 0 Å². The summed E-state index contributed by atoms with van der Waals surface area (Å²) in [6, 6.07) is 5.30. The standard InChI is InChI=1S/C19H21N3O4S/c1-5-12-13(21-18(23)14-7-6-8-27-14)9-11-16(26-10(2)3)15(19(24)25)22(4)17(11)20-12/h6-10H,5H2,1-4H3,(H,21,23)(H,24,25). The van der Waals surface area contributed by atoms with E-state index in [9.17, 15) is 14.7 Å². The lowest BCUT2D eigenvalue weighted by Gasteiger charge is -2.11. The van der Waals surface area contributed by atoms with Gasteiger partial charge in [0.05, 0.1) is 27.7 Å². The molecule has 0 aliphatic rings. The minimum absolute atomic E-state index is 0.0370. The second kappa shape index (κ2) is 7.40. The Kier molecular flexibility index (Phi) is 5.18. The van der Waals surface area contributed by atoms with Crippen molar-refractivity contribution in [1.82, 2.24) is 9.55 Å². The van der Waals surface area contributed by atoms with Crippen LogP contribution in [0.5, 0.6) is 5.75 Å². The molecule has 0 aromatic carbocycles. The van der Waals surface area contributed by atoms with E-state index in [0.29, 0.717) is 33.7 Å². The summed E-state index contributed by atoms with van der Waals surface area (Å²) in [4.78, 5) is 29.4. The average Bonchev–Trinajstić information content (AvgIpc) is 3.22. The molecule has 0 bridgehead atoms. The first-order valence-corrected chi connectivity index (χ1v) is 9.48. The normalized spacial score (nSPS) is 11.1. The highest BCUT2D eigenvalue weighted by molar-refractivity contribution is 7.12. The number of amides is 1. The van der Waals surface area contributed by atoms with Gasteiger partial charge in [-0.05, 0) is 37.8 Å². The number of aryl methyl sites for hydroxylation is 2. The van der Waals surface area contributed by atoms with Crippen LogP contribution < -0.4 is 10.1 Å². The molecule has 2 N–H and O–H groups in total. The highest BCUT2D eigenvalue weighted by Gasteiger charge is 2.25. The van der Waals surface area contributed by atoms with Crippen LogP contribution in [0.15, 0.2) is 23.6 Å². The SMILES string of the molecule is CCc1nc2c(cc1NC(=O)c1cccs1)c(OC(C)C)c(C(=O)O)n2C. The van der Waals surface area contributed by atoms with Gasteiger partial charge in [-0.25, -0.2) is 9.78 Å². The molecule has 3 aromatic heterocycles. The Morgan fingerprint density at radius 1 is 1.41 bits per heavy atom. The number of nitrogens with zero attached hydrogens (tertiary/aromatic N) is 2. The van der Waals surface area contributed by atoms with Gasteiger partial charge in [0.1, 0.15) is 5.65 Å². The van der Waals surface area contributed by atoms with E-state index in [0.717, 1.165) is 0 Å². The minimum atomic E-state index is -1.09. The predicted octanol–water partition coefficient (Wildman–Crippen LogP) is 3.93. The molecule has 0 aliphatic carbocycles. The van der Waals surface area contributed by atoms with Gasteiger partial charge in [0.2, 0.25) is 0 Å². The fourth-order valence-electron chi connectivity index (χ4n) is 2.91. The molecule has 0 saturated carbocycles. The number of rotatable bonds is 6. The molecule has 0 atom stereocenters. The maximum absolute atomic E-state index is 12.5. The third-order valence-corrected chi connectivity index (χ3v) is 4.95. The van der Waals surface area contributed by atoms with E-state index in [2.05, 4.69) is 10.3 Å². The van der Waals surface area contributed by atoms with E-state index in [1.165, 1.54) is 15.9 Å². The lowest BCUT2D eigenvalue weighted by atomic mass is 10.2. The number of carboxylic acids is 1. The lowest BCUT2D eigenvalue weighted by Crippen LogP contribution is -2.12. The van der Waals surface area contributed by atoms with Crippen LogP contribution in [-0.4, -0.2) is 32.6 Å². The molecule has 3 rings (SSSR count). The van der Waals surface area contributed by atoms with Gasteiger partial charge in [0.25, 0.3) is 5.91 Å². The number of aromatic nitrogens is 2. The molecule has 27 heavy (non-hydrogen) atoms. The van der Waals surface area contributed by atoms with E-state index in [1.54, 1.807) is 19.2 Å².